The van der Waals surface area contributed by atoms with E-state index < -0.39 is 0 Å². The summed E-state index contributed by atoms with van der Waals surface area (Å²) >= 11 is 0. The number of hydrogen-bond acceptors (Lipinski definition) is 3. The summed E-state index contributed by atoms with van der Waals surface area (Å²) in [6, 6.07) is 18.6. The van der Waals surface area contributed by atoms with E-state index in [1.807, 2.05) is 37.3 Å². The number of nitrogens with one attached hydrogen (secondary N) is 1. The molecule has 0 bridgehead atoms. The number of hydrogen-bond donors (Lipinski definition) is 1. The number of carbonyl (C=O) groups is 1. The fraction of sp³-hybridized carbons (Fsp3) is 0.150. The highest BCUT2D eigenvalue weighted by molar-refractivity contribution is 5.91. The van der Waals surface area contributed by atoms with E-state index in [9.17, 15) is 9.18 Å². The largest absolute Gasteiger partial charge is 0.486 e. The first-order valence-corrected chi connectivity index (χ1v) is 7.95. The van der Waals surface area contributed by atoms with Gasteiger partial charge in [0.15, 0.2) is 5.76 Å². The second kappa shape index (κ2) is 7.66. The maximum absolute atomic E-state index is 12.9. The third kappa shape index (κ3) is 4.47. The lowest BCUT2D eigenvalue weighted by atomic mass is 10.1. The number of amides is 1. The van der Waals surface area contributed by atoms with Crippen molar-refractivity contribution in [3.8, 4) is 5.75 Å². The number of halogens is 1. The maximum Gasteiger partial charge on any atom is 0.287 e. The molecular weight excluding hydrogens is 321 g/mol. The van der Waals surface area contributed by atoms with Gasteiger partial charge in [-0.3, -0.25) is 4.79 Å². The molecule has 5 heteroatoms. The molecule has 128 valence electrons. The van der Waals surface area contributed by atoms with Crippen LogP contribution in [0.1, 0.15) is 34.8 Å². The average Bonchev–Trinajstić information content (AvgIpc) is 3.11. The minimum Gasteiger partial charge on any atom is -0.486 e. The number of rotatable bonds is 6. The van der Waals surface area contributed by atoms with Gasteiger partial charge in [-0.25, -0.2) is 4.39 Å². The average molecular weight is 339 g/mol. The number of benzene rings is 2. The monoisotopic (exact) mass is 339 g/mol. The second-order valence-electron chi connectivity index (χ2n) is 5.61. The van der Waals surface area contributed by atoms with Crippen molar-refractivity contribution in [1.82, 2.24) is 5.32 Å². The SMILES string of the molecule is CC(NC(=O)c1ccc(COc2ccc(F)cc2)o1)c1ccccc1. The van der Waals surface area contributed by atoms with E-state index in [1.165, 1.54) is 24.3 Å². The van der Waals surface area contributed by atoms with Crippen LogP contribution in [0.2, 0.25) is 0 Å². The van der Waals surface area contributed by atoms with E-state index in [1.54, 1.807) is 12.1 Å². The predicted molar refractivity (Wildman–Crippen MR) is 91.8 cm³/mol. The molecule has 3 aromatic rings. The van der Waals surface area contributed by atoms with Gasteiger partial charge in [-0.05, 0) is 48.9 Å². The summed E-state index contributed by atoms with van der Waals surface area (Å²) in [6.45, 7) is 2.07. The molecule has 25 heavy (non-hydrogen) atoms. The fourth-order valence-corrected chi connectivity index (χ4v) is 2.36. The Balaban J connectivity index is 1.57. The molecule has 1 aromatic heterocycles. The molecule has 1 amide bonds. The highest BCUT2D eigenvalue weighted by Gasteiger charge is 2.15. The molecule has 4 nitrogen and oxygen atoms in total. The Kier molecular flexibility index (Phi) is 5.14. The normalized spacial score (nSPS) is 11.8. The van der Waals surface area contributed by atoms with Crippen molar-refractivity contribution in [1.29, 1.82) is 0 Å². The Morgan fingerprint density at radius 3 is 2.52 bits per heavy atom. The zero-order valence-corrected chi connectivity index (χ0v) is 13.7. The molecule has 0 spiro atoms. The number of carbonyl (C=O) groups excluding carboxylic acids is 1. The van der Waals surface area contributed by atoms with Gasteiger partial charge in [-0.1, -0.05) is 30.3 Å². The Labute approximate surface area is 145 Å². The Morgan fingerprint density at radius 1 is 1.08 bits per heavy atom. The Hall–Kier alpha value is -3.08. The van der Waals surface area contributed by atoms with Crippen molar-refractivity contribution in [2.75, 3.05) is 0 Å². The van der Waals surface area contributed by atoms with Gasteiger partial charge in [0.05, 0.1) is 6.04 Å². The van der Waals surface area contributed by atoms with Gasteiger partial charge in [0.1, 0.15) is 23.9 Å². The first-order valence-electron chi connectivity index (χ1n) is 7.95. The van der Waals surface area contributed by atoms with Crippen LogP contribution in [0.15, 0.2) is 71.1 Å². The molecule has 1 heterocycles. The van der Waals surface area contributed by atoms with Crippen LogP contribution in [-0.2, 0) is 6.61 Å². The van der Waals surface area contributed by atoms with Crippen molar-refractivity contribution >= 4 is 5.91 Å². The van der Waals surface area contributed by atoms with Gasteiger partial charge in [0, 0.05) is 0 Å². The van der Waals surface area contributed by atoms with Gasteiger partial charge in [-0.15, -0.1) is 0 Å². The number of furan rings is 1. The quantitative estimate of drug-likeness (QED) is 0.720. The van der Waals surface area contributed by atoms with Crippen molar-refractivity contribution < 1.29 is 18.3 Å². The van der Waals surface area contributed by atoms with Gasteiger partial charge >= 0.3 is 0 Å². The maximum atomic E-state index is 12.9. The highest BCUT2D eigenvalue weighted by Crippen LogP contribution is 2.16. The molecule has 0 aliphatic carbocycles. The van der Waals surface area contributed by atoms with E-state index in [2.05, 4.69) is 5.32 Å². The zero-order chi connectivity index (χ0) is 17.6. The lowest BCUT2D eigenvalue weighted by Gasteiger charge is -2.13. The molecule has 0 aliphatic heterocycles. The van der Waals surface area contributed by atoms with Crippen LogP contribution in [0.5, 0.6) is 5.75 Å². The van der Waals surface area contributed by atoms with Gasteiger partial charge < -0.3 is 14.5 Å². The summed E-state index contributed by atoms with van der Waals surface area (Å²) in [5.74, 6) is 0.657. The Morgan fingerprint density at radius 2 is 1.80 bits per heavy atom. The molecule has 0 radical (unpaired) electrons. The molecule has 0 aliphatic rings. The van der Waals surface area contributed by atoms with Gasteiger partial charge in [0.2, 0.25) is 0 Å². The Bertz CT molecular complexity index is 828. The fourth-order valence-electron chi connectivity index (χ4n) is 2.36. The second-order valence-corrected chi connectivity index (χ2v) is 5.61. The minimum absolute atomic E-state index is 0.127. The topological polar surface area (TPSA) is 51.5 Å². The summed E-state index contributed by atoms with van der Waals surface area (Å²) in [4.78, 5) is 12.3. The van der Waals surface area contributed by atoms with Crippen molar-refractivity contribution in [3.05, 3.63) is 89.6 Å². The summed E-state index contributed by atoms with van der Waals surface area (Å²) < 4.78 is 23.9. The molecule has 1 atom stereocenters. The van der Waals surface area contributed by atoms with Crippen LogP contribution in [0.25, 0.3) is 0 Å². The van der Waals surface area contributed by atoms with E-state index >= 15 is 0 Å². The molecular formula is C20H18FNO3. The predicted octanol–water partition coefficient (Wildman–Crippen LogP) is 4.49. The van der Waals surface area contributed by atoms with E-state index in [0.717, 1.165) is 5.56 Å². The standard InChI is InChI=1S/C20H18FNO3/c1-14(15-5-3-2-4-6-15)22-20(23)19-12-11-18(25-19)13-24-17-9-7-16(21)8-10-17/h2-12,14H,13H2,1H3,(H,22,23). The molecule has 0 saturated heterocycles. The third-order valence-corrected chi connectivity index (χ3v) is 3.73. The number of ether oxygens (including phenoxy) is 1. The summed E-state index contributed by atoms with van der Waals surface area (Å²) in [5, 5.41) is 2.89. The van der Waals surface area contributed by atoms with E-state index in [4.69, 9.17) is 9.15 Å². The smallest absolute Gasteiger partial charge is 0.287 e. The van der Waals surface area contributed by atoms with Gasteiger partial charge in [-0.2, -0.15) is 0 Å². The lowest BCUT2D eigenvalue weighted by Crippen LogP contribution is -2.26. The first-order chi connectivity index (χ1) is 12.1. The highest BCUT2D eigenvalue weighted by atomic mass is 19.1. The molecule has 0 fully saturated rings. The van der Waals surface area contributed by atoms with Crippen LogP contribution in [-0.4, -0.2) is 5.91 Å². The van der Waals surface area contributed by atoms with Crippen LogP contribution >= 0.6 is 0 Å². The summed E-state index contributed by atoms with van der Waals surface area (Å²) in [6.07, 6.45) is 0. The summed E-state index contributed by atoms with van der Waals surface area (Å²) in [7, 11) is 0. The molecule has 2 aromatic carbocycles. The van der Waals surface area contributed by atoms with Crippen molar-refractivity contribution in [2.24, 2.45) is 0 Å². The van der Waals surface area contributed by atoms with Crippen molar-refractivity contribution in [2.45, 2.75) is 19.6 Å². The van der Waals surface area contributed by atoms with E-state index in [-0.39, 0.29) is 30.1 Å². The summed E-state index contributed by atoms with van der Waals surface area (Å²) in [5.41, 5.74) is 1.02. The van der Waals surface area contributed by atoms with Crippen molar-refractivity contribution in [3.63, 3.8) is 0 Å². The molecule has 1 N–H and O–H groups in total. The lowest BCUT2D eigenvalue weighted by molar-refractivity contribution is 0.0907. The first kappa shape index (κ1) is 16.8. The van der Waals surface area contributed by atoms with Crippen LogP contribution in [0, 0.1) is 5.82 Å². The van der Waals surface area contributed by atoms with Crippen LogP contribution < -0.4 is 10.1 Å². The van der Waals surface area contributed by atoms with Gasteiger partial charge in [0.25, 0.3) is 5.91 Å². The minimum atomic E-state index is -0.322. The van der Waals surface area contributed by atoms with Crippen LogP contribution in [0.4, 0.5) is 4.39 Å². The van der Waals surface area contributed by atoms with Crippen LogP contribution in [0.3, 0.4) is 0 Å². The zero-order valence-electron chi connectivity index (χ0n) is 13.7. The molecule has 1 unspecified atom stereocenters. The molecule has 3 rings (SSSR count). The van der Waals surface area contributed by atoms with E-state index in [0.29, 0.717) is 11.5 Å². The third-order valence-electron chi connectivity index (χ3n) is 3.73. The molecule has 0 saturated carbocycles.